The zero-order valence-corrected chi connectivity index (χ0v) is 12.2. The second-order valence-electron chi connectivity index (χ2n) is 5.17. The normalized spacial score (nSPS) is 17.7. The highest BCUT2D eigenvalue weighted by molar-refractivity contribution is 5.92. The number of rotatable bonds is 4. The SMILES string of the molecule is O=C(NCc1noc(C2CCCO2)n1)c1cccc2ncnn12. The zero-order valence-electron chi connectivity index (χ0n) is 12.2. The summed E-state index contributed by atoms with van der Waals surface area (Å²) in [5.74, 6) is 0.587. The molecule has 1 N–H and O–H groups in total. The number of pyridine rings is 1. The van der Waals surface area contributed by atoms with Gasteiger partial charge in [0.25, 0.3) is 11.8 Å². The van der Waals surface area contributed by atoms with Crippen molar-refractivity contribution in [1.29, 1.82) is 0 Å². The van der Waals surface area contributed by atoms with Gasteiger partial charge in [0.2, 0.25) is 0 Å². The fourth-order valence-electron chi connectivity index (χ4n) is 2.51. The van der Waals surface area contributed by atoms with E-state index < -0.39 is 0 Å². The van der Waals surface area contributed by atoms with Crippen LogP contribution < -0.4 is 5.32 Å². The van der Waals surface area contributed by atoms with E-state index in [1.54, 1.807) is 18.2 Å². The van der Waals surface area contributed by atoms with Gasteiger partial charge in [-0.25, -0.2) is 9.50 Å². The Morgan fingerprint density at radius 1 is 1.43 bits per heavy atom. The van der Waals surface area contributed by atoms with Crippen molar-refractivity contribution in [2.24, 2.45) is 0 Å². The van der Waals surface area contributed by atoms with Crippen LogP contribution in [0.25, 0.3) is 5.65 Å². The van der Waals surface area contributed by atoms with Crippen LogP contribution in [0.4, 0.5) is 0 Å². The molecular formula is C14H14N6O3. The second kappa shape index (κ2) is 5.76. The van der Waals surface area contributed by atoms with Crippen molar-refractivity contribution in [2.75, 3.05) is 6.61 Å². The van der Waals surface area contributed by atoms with Crippen molar-refractivity contribution in [1.82, 2.24) is 30.1 Å². The lowest BCUT2D eigenvalue weighted by molar-refractivity contribution is 0.0835. The molecule has 0 aromatic carbocycles. The van der Waals surface area contributed by atoms with Crippen LogP contribution in [0, 0.1) is 0 Å². The monoisotopic (exact) mass is 314 g/mol. The molecule has 1 atom stereocenters. The van der Waals surface area contributed by atoms with Crippen molar-refractivity contribution < 1.29 is 14.1 Å². The summed E-state index contributed by atoms with van der Waals surface area (Å²) in [5, 5.41) is 10.6. The van der Waals surface area contributed by atoms with E-state index in [2.05, 4.69) is 25.5 Å². The van der Waals surface area contributed by atoms with Gasteiger partial charge in [0.1, 0.15) is 18.1 Å². The third-order valence-electron chi connectivity index (χ3n) is 3.63. The van der Waals surface area contributed by atoms with E-state index in [9.17, 15) is 4.79 Å². The smallest absolute Gasteiger partial charge is 0.270 e. The van der Waals surface area contributed by atoms with Crippen molar-refractivity contribution in [3.05, 3.63) is 41.9 Å². The highest BCUT2D eigenvalue weighted by Gasteiger charge is 2.24. The van der Waals surface area contributed by atoms with Crippen LogP contribution in [0.15, 0.2) is 29.0 Å². The second-order valence-corrected chi connectivity index (χ2v) is 5.17. The lowest BCUT2D eigenvalue weighted by Gasteiger charge is -2.04. The molecule has 1 saturated heterocycles. The van der Waals surface area contributed by atoms with Gasteiger partial charge < -0.3 is 14.6 Å². The molecule has 0 aliphatic carbocycles. The van der Waals surface area contributed by atoms with Gasteiger partial charge in [-0.15, -0.1) is 0 Å². The third-order valence-corrected chi connectivity index (χ3v) is 3.63. The predicted molar refractivity (Wildman–Crippen MR) is 76.4 cm³/mol. The summed E-state index contributed by atoms with van der Waals surface area (Å²) in [6.45, 7) is 0.876. The number of nitrogens with zero attached hydrogens (tertiary/aromatic N) is 5. The molecule has 118 valence electrons. The molecule has 3 aromatic heterocycles. The van der Waals surface area contributed by atoms with Gasteiger partial charge in [-0.1, -0.05) is 11.2 Å². The molecule has 0 spiro atoms. The van der Waals surface area contributed by atoms with E-state index in [1.165, 1.54) is 10.8 Å². The molecule has 4 rings (SSSR count). The number of aromatic nitrogens is 5. The minimum Gasteiger partial charge on any atom is -0.368 e. The van der Waals surface area contributed by atoms with Gasteiger partial charge in [-0.05, 0) is 25.0 Å². The summed E-state index contributed by atoms with van der Waals surface area (Å²) < 4.78 is 12.1. The molecule has 4 heterocycles. The first-order valence-electron chi connectivity index (χ1n) is 7.32. The summed E-state index contributed by atoms with van der Waals surface area (Å²) in [6.07, 6.45) is 3.14. The molecule has 1 unspecified atom stereocenters. The Bertz CT molecular complexity index is 836. The summed E-state index contributed by atoms with van der Waals surface area (Å²) in [4.78, 5) is 20.6. The van der Waals surface area contributed by atoms with E-state index >= 15 is 0 Å². The third kappa shape index (κ3) is 2.66. The van der Waals surface area contributed by atoms with Gasteiger partial charge in [0.15, 0.2) is 11.5 Å². The number of hydrogen-bond acceptors (Lipinski definition) is 7. The van der Waals surface area contributed by atoms with Crippen molar-refractivity contribution in [2.45, 2.75) is 25.5 Å². The van der Waals surface area contributed by atoms with E-state index in [0.717, 1.165) is 12.8 Å². The molecule has 0 radical (unpaired) electrons. The lowest BCUT2D eigenvalue weighted by atomic mass is 10.2. The van der Waals surface area contributed by atoms with Crippen LogP contribution in [0.5, 0.6) is 0 Å². The summed E-state index contributed by atoms with van der Waals surface area (Å²) >= 11 is 0. The number of fused-ring (bicyclic) bond motifs is 1. The Hall–Kier alpha value is -2.81. The fraction of sp³-hybridized carbons (Fsp3) is 0.357. The number of nitrogens with one attached hydrogen (secondary N) is 1. The van der Waals surface area contributed by atoms with Crippen LogP contribution in [0.3, 0.4) is 0 Å². The first-order valence-corrected chi connectivity index (χ1v) is 7.32. The van der Waals surface area contributed by atoms with Crippen LogP contribution in [-0.2, 0) is 11.3 Å². The number of hydrogen-bond donors (Lipinski definition) is 1. The quantitative estimate of drug-likeness (QED) is 0.762. The molecule has 3 aromatic rings. The molecule has 1 aliphatic heterocycles. The largest absolute Gasteiger partial charge is 0.368 e. The van der Waals surface area contributed by atoms with Crippen molar-refractivity contribution in [3.63, 3.8) is 0 Å². The molecular weight excluding hydrogens is 300 g/mol. The van der Waals surface area contributed by atoms with Gasteiger partial charge in [0.05, 0.1) is 6.54 Å². The van der Waals surface area contributed by atoms with Crippen molar-refractivity contribution in [3.8, 4) is 0 Å². The van der Waals surface area contributed by atoms with Crippen LogP contribution in [0.2, 0.25) is 0 Å². The summed E-state index contributed by atoms with van der Waals surface area (Å²) in [5.41, 5.74) is 1.00. The first-order chi connectivity index (χ1) is 11.3. The Balaban J connectivity index is 1.44. The average molecular weight is 314 g/mol. The highest BCUT2D eigenvalue weighted by atomic mass is 16.5. The molecule has 23 heavy (non-hydrogen) atoms. The number of amides is 1. The van der Waals surface area contributed by atoms with Crippen LogP contribution in [0.1, 0.15) is 41.1 Å². The first kappa shape index (κ1) is 13.8. The van der Waals surface area contributed by atoms with Gasteiger partial charge in [0, 0.05) is 6.61 Å². The summed E-state index contributed by atoms with van der Waals surface area (Å²) in [7, 11) is 0. The summed E-state index contributed by atoms with van der Waals surface area (Å²) in [6, 6.07) is 5.20. The van der Waals surface area contributed by atoms with Crippen LogP contribution in [-0.4, -0.2) is 37.3 Å². The number of ether oxygens (including phenoxy) is 1. The molecule has 9 nitrogen and oxygen atoms in total. The molecule has 1 fully saturated rings. The Morgan fingerprint density at radius 2 is 2.39 bits per heavy atom. The maximum absolute atomic E-state index is 12.3. The number of carbonyl (C=O) groups excluding carboxylic acids is 1. The Morgan fingerprint density at radius 3 is 3.26 bits per heavy atom. The standard InChI is InChI=1S/C14H14N6O3/c21-13(9-3-1-5-12-16-8-17-20(9)12)15-7-11-18-14(23-19-11)10-4-2-6-22-10/h1,3,5,8,10H,2,4,6-7H2,(H,15,21). The van der Waals surface area contributed by atoms with E-state index in [0.29, 0.717) is 29.7 Å². The highest BCUT2D eigenvalue weighted by Crippen LogP contribution is 2.26. The van der Waals surface area contributed by atoms with Crippen LogP contribution >= 0.6 is 0 Å². The molecule has 0 bridgehead atoms. The maximum Gasteiger partial charge on any atom is 0.270 e. The minimum absolute atomic E-state index is 0.129. The Labute approximate surface area is 130 Å². The van der Waals surface area contributed by atoms with Crippen molar-refractivity contribution >= 4 is 11.6 Å². The number of carbonyl (C=O) groups is 1. The average Bonchev–Trinajstić information content (AvgIpc) is 3.32. The van der Waals surface area contributed by atoms with E-state index in [1.807, 2.05) is 0 Å². The van der Waals surface area contributed by atoms with Gasteiger partial charge in [-0.3, -0.25) is 4.79 Å². The lowest BCUT2D eigenvalue weighted by Crippen LogP contribution is -2.25. The Kier molecular flexibility index (Phi) is 3.46. The minimum atomic E-state index is -0.287. The maximum atomic E-state index is 12.3. The molecule has 0 saturated carbocycles. The molecule has 1 amide bonds. The van der Waals surface area contributed by atoms with Gasteiger partial charge in [-0.2, -0.15) is 10.1 Å². The van der Waals surface area contributed by atoms with E-state index in [4.69, 9.17) is 9.26 Å². The van der Waals surface area contributed by atoms with Gasteiger partial charge >= 0.3 is 0 Å². The fourth-order valence-corrected chi connectivity index (χ4v) is 2.51. The molecule has 1 aliphatic rings. The zero-order chi connectivity index (χ0) is 15.6. The predicted octanol–water partition coefficient (Wildman–Crippen LogP) is 0.894. The topological polar surface area (TPSA) is 107 Å². The molecule has 9 heteroatoms. The van der Waals surface area contributed by atoms with E-state index in [-0.39, 0.29) is 18.6 Å².